The fraction of sp³-hybridized carbons (Fsp3) is 0.238. The van der Waals surface area contributed by atoms with Crippen molar-refractivity contribution in [1.29, 1.82) is 0 Å². The van der Waals surface area contributed by atoms with Crippen LogP contribution in [-0.4, -0.2) is 26.6 Å². The second-order valence-corrected chi connectivity index (χ2v) is 11.6. The van der Waals surface area contributed by atoms with Crippen LogP contribution in [0, 0.1) is 12.5 Å². The lowest BCUT2D eigenvalue weighted by molar-refractivity contribution is 0.103. The second-order valence-electron chi connectivity index (χ2n) is 11.6. The Kier molecular flexibility index (Phi) is 11.1. The minimum absolute atomic E-state index is 0.0282. The van der Waals surface area contributed by atoms with Crippen molar-refractivity contribution in [3.05, 3.63) is 132 Å². The number of unbranched alkanes of at least 4 members (excludes halogenated alkanes) is 1. The largest absolute Gasteiger partial charge is 0.496 e. The maximum Gasteiger partial charge on any atom is 0.193 e. The summed E-state index contributed by atoms with van der Waals surface area (Å²) in [6.45, 7) is 12.3. The van der Waals surface area contributed by atoms with E-state index in [1.165, 1.54) is 19.3 Å². The molecule has 1 atom stereocenters. The summed E-state index contributed by atoms with van der Waals surface area (Å²) in [6, 6.07) is 34.8. The van der Waals surface area contributed by atoms with Gasteiger partial charge in [-0.2, -0.15) is 0 Å². The van der Waals surface area contributed by atoms with E-state index in [1.54, 1.807) is 14.2 Å². The Balaban J connectivity index is 1.29. The first-order valence-electron chi connectivity index (χ1n) is 16.2. The van der Waals surface area contributed by atoms with Gasteiger partial charge in [-0.25, -0.2) is 4.85 Å². The highest BCUT2D eigenvalue weighted by atomic mass is 16.5. The summed E-state index contributed by atoms with van der Waals surface area (Å²) >= 11 is 0. The molecule has 5 heteroatoms. The summed E-state index contributed by atoms with van der Waals surface area (Å²) in [7, 11) is 3.33. The Morgan fingerprint density at radius 2 is 1.17 bits per heavy atom. The Labute approximate surface area is 278 Å². The monoisotopic (exact) mass is 623 g/mol. The van der Waals surface area contributed by atoms with Gasteiger partial charge in [0.15, 0.2) is 11.5 Å². The molecule has 0 bridgehead atoms. The van der Waals surface area contributed by atoms with E-state index in [0.717, 1.165) is 57.1 Å². The lowest BCUT2D eigenvalue weighted by Gasteiger charge is -2.15. The van der Waals surface area contributed by atoms with Crippen LogP contribution in [0.25, 0.3) is 38.2 Å². The number of carbonyl (C=O) groups excluding carboxylic acids is 1. The van der Waals surface area contributed by atoms with Gasteiger partial charge >= 0.3 is 0 Å². The van der Waals surface area contributed by atoms with E-state index in [-0.39, 0.29) is 5.78 Å². The second kappa shape index (κ2) is 15.8. The topological polar surface area (TPSA) is 49.1 Å². The van der Waals surface area contributed by atoms with E-state index in [9.17, 15) is 4.79 Å². The molecule has 0 fully saturated rings. The fourth-order valence-corrected chi connectivity index (χ4v) is 5.72. The van der Waals surface area contributed by atoms with Crippen molar-refractivity contribution in [3.8, 4) is 50.6 Å². The van der Waals surface area contributed by atoms with Crippen molar-refractivity contribution >= 4 is 11.5 Å². The number of ketones is 1. The van der Waals surface area contributed by atoms with E-state index in [0.29, 0.717) is 29.3 Å². The molecule has 0 saturated carbocycles. The van der Waals surface area contributed by atoms with Gasteiger partial charge in [-0.05, 0) is 71.0 Å². The molecule has 0 heterocycles. The molecule has 5 nitrogen and oxygen atoms in total. The average Bonchev–Trinajstić information content (AvgIpc) is 3.14. The minimum atomic E-state index is -0.0282. The first-order chi connectivity index (χ1) is 23.0. The van der Waals surface area contributed by atoms with Gasteiger partial charge in [0.2, 0.25) is 0 Å². The van der Waals surface area contributed by atoms with Gasteiger partial charge in [0, 0.05) is 22.3 Å². The summed E-state index contributed by atoms with van der Waals surface area (Å²) in [4.78, 5) is 16.7. The van der Waals surface area contributed by atoms with Crippen LogP contribution in [0.4, 0.5) is 5.69 Å². The molecule has 0 radical (unpaired) electrons. The molecular weight excluding hydrogens is 582 g/mol. The Hall–Kier alpha value is -5.34. The molecule has 5 rings (SSSR count). The van der Waals surface area contributed by atoms with Crippen LogP contribution in [0.3, 0.4) is 0 Å². The molecule has 5 aromatic carbocycles. The molecule has 1 unspecified atom stereocenters. The Morgan fingerprint density at radius 1 is 0.681 bits per heavy atom. The first-order valence-corrected chi connectivity index (χ1v) is 16.2. The third kappa shape index (κ3) is 7.91. The molecule has 0 aliphatic rings. The number of nitrogens with zero attached hydrogens (tertiary/aromatic N) is 1. The lowest BCUT2D eigenvalue weighted by atomic mass is 9.95. The predicted molar refractivity (Wildman–Crippen MR) is 191 cm³/mol. The number of benzene rings is 5. The Bertz CT molecular complexity index is 1830. The zero-order chi connectivity index (χ0) is 33.2. The maximum absolute atomic E-state index is 13.3. The van der Waals surface area contributed by atoms with Crippen molar-refractivity contribution in [2.75, 3.05) is 20.8 Å². The molecule has 0 saturated heterocycles. The molecule has 238 valence electrons. The summed E-state index contributed by atoms with van der Waals surface area (Å²) in [5.41, 5.74) is 7.68. The van der Waals surface area contributed by atoms with Gasteiger partial charge in [-0.1, -0.05) is 106 Å². The van der Waals surface area contributed by atoms with Gasteiger partial charge in [0.05, 0.1) is 27.4 Å². The molecular formula is C42H41NO4. The smallest absolute Gasteiger partial charge is 0.193 e. The molecule has 0 amide bonds. The van der Waals surface area contributed by atoms with Crippen molar-refractivity contribution in [3.63, 3.8) is 0 Å². The van der Waals surface area contributed by atoms with Crippen LogP contribution in [0.15, 0.2) is 109 Å². The molecule has 0 aliphatic carbocycles. The molecule has 0 spiro atoms. The normalized spacial score (nSPS) is 11.4. The minimum Gasteiger partial charge on any atom is -0.496 e. The number of hydrogen-bond acceptors (Lipinski definition) is 4. The predicted octanol–water partition coefficient (Wildman–Crippen LogP) is 11.1. The standard InChI is InChI=1S/C42H41NO4/c1-6-8-9-29(7-2)28-47-37-22-16-33(17-23-37)42(44)32-12-10-30(11-13-32)38-24-18-34(26-40(38)45-4)35-19-25-39(41(27-35)46-5)31-14-20-36(43-3)21-15-31/h10-27,29H,6-9,28H2,1-2,4-5H3. The third-order valence-electron chi connectivity index (χ3n) is 8.65. The third-order valence-corrected chi connectivity index (χ3v) is 8.65. The van der Waals surface area contributed by atoms with E-state index >= 15 is 0 Å². The summed E-state index contributed by atoms with van der Waals surface area (Å²) in [5, 5.41) is 0. The van der Waals surface area contributed by atoms with E-state index in [4.69, 9.17) is 20.8 Å². The van der Waals surface area contributed by atoms with Gasteiger partial charge in [-0.3, -0.25) is 4.79 Å². The number of carbonyl (C=O) groups is 1. The van der Waals surface area contributed by atoms with Crippen molar-refractivity contribution < 1.29 is 19.0 Å². The molecule has 0 N–H and O–H groups in total. The van der Waals surface area contributed by atoms with E-state index in [1.807, 2.05) is 97.1 Å². The van der Waals surface area contributed by atoms with Gasteiger partial charge < -0.3 is 14.2 Å². The SMILES string of the molecule is [C-]#[N+]c1ccc(-c2ccc(-c3ccc(-c4ccc(C(=O)c5ccc(OCC(CC)CCCC)cc5)cc4)c(OC)c3)cc2OC)cc1. The number of methoxy groups -OCH3 is 2. The highest BCUT2D eigenvalue weighted by Gasteiger charge is 2.14. The van der Waals surface area contributed by atoms with Gasteiger partial charge in [-0.15, -0.1) is 0 Å². The van der Waals surface area contributed by atoms with Crippen LogP contribution in [0.1, 0.15) is 55.5 Å². The Morgan fingerprint density at radius 3 is 1.64 bits per heavy atom. The molecule has 0 aromatic heterocycles. The van der Waals surface area contributed by atoms with Crippen LogP contribution in [0.5, 0.6) is 17.2 Å². The van der Waals surface area contributed by atoms with Crippen molar-refractivity contribution in [2.45, 2.75) is 39.5 Å². The molecule has 0 aliphatic heterocycles. The highest BCUT2D eigenvalue weighted by Crippen LogP contribution is 2.38. The molecule has 47 heavy (non-hydrogen) atoms. The number of hydrogen-bond donors (Lipinski definition) is 0. The lowest BCUT2D eigenvalue weighted by Crippen LogP contribution is -2.11. The van der Waals surface area contributed by atoms with Gasteiger partial charge in [0.25, 0.3) is 0 Å². The summed E-state index contributed by atoms with van der Waals surface area (Å²) < 4.78 is 17.6. The quantitative estimate of drug-likeness (QED) is 0.0912. The maximum atomic E-state index is 13.3. The molecule has 5 aromatic rings. The van der Waals surface area contributed by atoms with Crippen molar-refractivity contribution in [2.24, 2.45) is 5.92 Å². The number of ether oxygens (including phenoxy) is 3. The fourth-order valence-electron chi connectivity index (χ4n) is 5.72. The summed E-state index contributed by atoms with van der Waals surface area (Å²) in [5.74, 6) is 2.80. The zero-order valence-corrected chi connectivity index (χ0v) is 27.6. The van der Waals surface area contributed by atoms with Crippen LogP contribution < -0.4 is 14.2 Å². The van der Waals surface area contributed by atoms with Crippen LogP contribution in [0.2, 0.25) is 0 Å². The van der Waals surface area contributed by atoms with Crippen LogP contribution >= 0.6 is 0 Å². The first kappa shape index (κ1) is 33.0. The van der Waals surface area contributed by atoms with E-state index in [2.05, 4.69) is 30.8 Å². The number of rotatable bonds is 14. The van der Waals surface area contributed by atoms with Crippen molar-refractivity contribution in [1.82, 2.24) is 0 Å². The van der Waals surface area contributed by atoms with Gasteiger partial charge in [0.1, 0.15) is 17.2 Å². The zero-order valence-electron chi connectivity index (χ0n) is 27.6. The van der Waals surface area contributed by atoms with Crippen LogP contribution in [-0.2, 0) is 0 Å². The average molecular weight is 624 g/mol. The van der Waals surface area contributed by atoms with E-state index < -0.39 is 0 Å². The highest BCUT2D eigenvalue weighted by molar-refractivity contribution is 6.09. The summed E-state index contributed by atoms with van der Waals surface area (Å²) in [6.07, 6.45) is 4.71.